The quantitative estimate of drug-likeness (QED) is 0.556. The number of likely N-dealkylation sites (tertiary alicyclic amines) is 1. The number of fused-ring (bicyclic) bond motifs is 1. The standard InChI is InChI=1S/C24H23N5O2/c30-23-13-22(20-2-1-8-25-14-20)27-16-29(23)15-17-6-10-28(11-7-17)24(31)19-3-4-21-18(12-19)5-9-26-21/h1-5,8-9,12-14,16-17,26H,6-7,10-11,15H2. The van der Waals surface area contributed by atoms with E-state index < -0.39 is 0 Å². The molecule has 0 bridgehead atoms. The van der Waals surface area contributed by atoms with Gasteiger partial charge >= 0.3 is 0 Å². The third kappa shape index (κ3) is 3.99. The summed E-state index contributed by atoms with van der Waals surface area (Å²) in [6.07, 6.45) is 8.63. The Kier molecular flexibility index (Phi) is 5.08. The van der Waals surface area contributed by atoms with Gasteiger partial charge in [-0.3, -0.25) is 19.1 Å². The van der Waals surface area contributed by atoms with Gasteiger partial charge in [-0.25, -0.2) is 4.98 Å². The van der Waals surface area contributed by atoms with Crippen molar-refractivity contribution in [2.45, 2.75) is 19.4 Å². The van der Waals surface area contributed by atoms with Gasteiger partial charge in [0.2, 0.25) is 0 Å². The second kappa shape index (κ2) is 8.18. The Bertz CT molecular complexity index is 1270. The molecule has 0 saturated carbocycles. The van der Waals surface area contributed by atoms with Gasteiger partial charge in [-0.15, -0.1) is 0 Å². The van der Waals surface area contributed by atoms with E-state index in [4.69, 9.17) is 0 Å². The molecule has 1 aromatic carbocycles. The van der Waals surface area contributed by atoms with Crippen LogP contribution < -0.4 is 5.56 Å². The van der Waals surface area contributed by atoms with E-state index in [0.29, 0.717) is 31.2 Å². The molecule has 4 heterocycles. The van der Waals surface area contributed by atoms with Crippen LogP contribution in [0.3, 0.4) is 0 Å². The minimum Gasteiger partial charge on any atom is -0.361 e. The maximum Gasteiger partial charge on any atom is 0.253 e. The van der Waals surface area contributed by atoms with Crippen molar-refractivity contribution in [3.05, 3.63) is 83.3 Å². The Labute approximate surface area is 179 Å². The van der Waals surface area contributed by atoms with Crippen LogP contribution in [-0.4, -0.2) is 43.4 Å². The number of aromatic nitrogens is 4. The smallest absolute Gasteiger partial charge is 0.253 e. The van der Waals surface area contributed by atoms with Crippen molar-refractivity contribution in [1.29, 1.82) is 0 Å². The molecule has 1 amide bonds. The number of aromatic amines is 1. The largest absolute Gasteiger partial charge is 0.361 e. The highest BCUT2D eigenvalue weighted by atomic mass is 16.2. The number of carbonyl (C=O) groups excluding carboxylic acids is 1. The van der Waals surface area contributed by atoms with Crippen molar-refractivity contribution in [1.82, 2.24) is 24.4 Å². The molecule has 1 aliphatic rings. The van der Waals surface area contributed by atoms with Crippen molar-refractivity contribution in [2.75, 3.05) is 13.1 Å². The molecule has 31 heavy (non-hydrogen) atoms. The Hall–Kier alpha value is -3.74. The lowest BCUT2D eigenvalue weighted by molar-refractivity contribution is 0.0682. The van der Waals surface area contributed by atoms with Gasteiger partial charge < -0.3 is 9.88 Å². The lowest BCUT2D eigenvalue weighted by Crippen LogP contribution is -2.40. The minimum atomic E-state index is -0.0628. The first-order valence-corrected chi connectivity index (χ1v) is 10.5. The van der Waals surface area contributed by atoms with Crippen LogP contribution >= 0.6 is 0 Å². The first-order chi connectivity index (χ1) is 15.2. The van der Waals surface area contributed by atoms with E-state index in [0.717, 1.165) is 34.9 Å². The van der Waals surface area contributed by atoms with Crippen molar-refractivity contribution in [3.8, 4) is 11.3 Å². The summed E-state index contributed by atoms with van der Waals surface area (Å²) >= 11 is 0. The second-order valence-electron chi connectivity index (χ2n) is 8.02. The molecule has 1 N–H and O–H groups in total. The van der Waals surface area contributed by atoms with Crippen LogP contribution in [-0.2, 0) is 6.54 Å². The Morgan fingerprint density at radius 3 is 2.77 bits per heavy atom. The lowest BCUT2D eigenvalue weighted by Gasteiger charge is -2.32. The molecular formula is C24H23N5O2. The number of hydrogen-bond acceptors (Lipinski definition) is 4. The van der Waals surface area contributed by atoms with Gasteiger partial charge in [0.1, 0.15) is 0 Å². The van der Waals surface area contributed by atoms with Crippen LogP contribution in [0.4, 0.5) is 0 Å². The highest BCUT2D eigenvalue weighted by Gasteiger charge is 2.24. The minimum absolute atomic E-state index is 0.0628. The fourth-order valence-electron chi connectivity index (χ4n) is 4.20. The van der Waals surface area contributed by atoms with Crippen LogP contribution in [0.5, 0.6) is 0 Å². The second-order valence-corrected chi connectivity index (χ2v) is 8.02. The predicted molar refractivity (Wildman–Crippen MR) is 119 cm³/mol. The van der Waals surface area contributed by atoms with Crippen molar-refractivity contribution in [2.24, 2.45) is 5.92 Å². The molecule has 4 aromatic rings. The number of nitrogens with zero attached hydrogens (tertiary/aromatic N) is 4. The van der Waals surface area contributed by atoms with Crippen molar-refractivity contribution >= 4 is 16.8 Å². The number of rotatable bonds is 4. The SMILES string of the molecule is O=C(c1ccc2[nH]ccc2c1)N1CCC(Cn2cnc(-c3cccnc3)cc2=O)CC1. The number of pyridine rings is 1. The summed E-state index contributed by atoms with van der Waals surface area (Å²) in [4.78, 5) is 39.0. The monoisotopic (exact) mass is 413 g/mol. The number of benzene rings is 1. The van der Waals surface area contributed by atoms with Gasteiger partial charge in [0.05, 0.1) is 12.0 Å². The topological polar surface area (TPSA) is 83.9 Å². The highest BCUT2D eigenvalue weighted by Crippen LogP contribution is 2.22. The molecule has 3 aromatic heterocycles. The average Bonchev–Trinajstić information content (AvgIpc) is 3.29. The summed E-state index contributed by atoms with van der Waals surface area (Å²) in [5, 5.41) is 1.04. The van der Waals surface area contributed by atoms with Gasteiger partial charge in [0.25, 0.3) is 11.5 Å². The molecule has 7 nitrogen and oxygen atoms in total. The summed E-state index contributed by atoms with van der Waals surface area (Å²) in [5.41, 5.74) is 3.15. The molecule has 0 radical (unpaired) electrons. The van der Waals surface area contributed by atoms with E-state index in [1.165, 1.54) is 0 Å². The maximum absolute atomic E-state index is 12.9. The number of carbonyl (C=O) groups is 1. The first kappa shape index (κ1) is 19.2. The summed E-state index contributed by atoms with van der Waals surface area (Å²) < 4.78 is 1.67. The highest BCUT2D eigenvalue weighted by molar-refractivity contribution is 5.98. The Balaban J connectivity index is 1.22. The third-order valence-electron chi connectivity index (χ3n) is 5.99. The molecular weight excluding hydrogens is 390 g/mol. The van der Waals surface area contributed by atoms with E-state index >= 15 is 0 Å². The van der Waals surface area contributed by atoms with Crippen molar-refractivity contribution < 1.29 is 4.79 Å². The van der Waals surface area contributed by atoms with Crippen LogP contribution in [0.2, 0.25) is 0 Å². The predicted octanol–water partition coefficient (Wildman–Crippen LogP) is 3.34. The molecule has 5 rings (SSSR count). The van der Waals surface area contributed by atoms with Gasteiger partial charge in [-0.05, 0) is 55.2 Å². The van der Waals surface area contributed by atoms with Crippen LogP contribution in [0, 0.1) is 5.92 Å². The molecule has 0 spiro atoms. The lowest BCUT2D eigenvalue weighted by atomic mass is 9.96. The molecule has 1 aliphatic heterocycles. The molecule has 7 heteroatoms. The fraction of sp³-hybridized carbons (Fsp3) is 0.250. The zero-order valence-electron chi connectivity index (χ0n) is 17.1. The zero-order chi connectivity index (χ0) is 21.2. The van der Waals surface area contributed by atoms with Gasteiger partial charge in [0, 0.05) is 66.3 Å². The fourth-order valence-corrected chi connectivity index (χ4v) is 4.20. The van der Waals surface area contributed by atoms with Gasteiger partial charge in [-0.2, -0.15) is 0 Å². The number of nitrogens with one attached hydrogen (secondary N) is 1. The normalized spacial score (nSPS) is 14.8. The van der Waals surface area contributed by atoms with E-state index in [9.17, 15) is 9.59 Å². The molecule has 0 unspecified atom stereocenters. The molecule has 0 aliphatic carbocycles. The van der Waals surface area contributed by atoms with Gasteiger partial charge in [-0.1, -0.05) is 0 Å². The number of amides is 1. The molecule has 1 saturated heterocycles. The summed E-state index contributed by atoms with van der Waals surface area (Å²) in [7, 11) is 0. The van der Waals surface area contributed by atoms with E-state index in [1.807, 2.05) is 47.5 Å². The summed E-state index contributed by atoms with van der Waals surface area (Å²) in [5.74, 6) is 0.418. The Morgan fingerprint density at radius 1 is 1.13 bits per heavy atom. The first-order valence-electron chi connectivity index (χ1n) is 10.5. The molecule has 0 atom stereocenters. The average molecular weight is 413 g/mol. The maximum atomic E-state index is 12.9. The van der Waals surface area contributed by atoms with Crippen LogP contribution in [0.15, 0.2) is 72.2 Å². The molecule has 156 valence electrons. The number of hydrogen-bond donors (Lipinski definition) is 1. The number of H-pyrrole nitrogens is 1. The summed E-state index contributed by atoms with van der Waals surface area (Å²) in [6, 6.07) is 13.0. The van der Waals surface area contributed by atoms with Crippen molar-refractivity contribution in [3.63, 3.8) is 0 Å². The molecule has 1 fully saturated rings. The Morgan fingerprint density at radius 2 is 2.00 bits per heavy atom. The summed E-state index contributed by atoms with van der Waals surface area (Å²) in [6.45, 7) is 2.02. The zero-order valence-corrected chi connectivity index (χ0v) is 17.1. The van der Waals surface area contributed by atoms with Crippen LogP contribution in [0.25, 0.3) is 22.2 Å². The third-order valence-corrected chi connectivity index (χ3v) is 5.99. The van der Waals surface area contributed by atoms with Gasteiger partial charge in [0.15, 0.2) is 0 Å². The van der Waals surface area contributed by atoms with E-state index in [-0.39, 0.29) is 11.5 Å². The number of piperidine rings is 1. The van der Waals surface area contributed by atoms with Crippen LogP contribution in [0.1, 0.15) is 23.2 Å². The van der Waals surface area contributed by atoms with E-state index in [1.54, 1.807) is 29.4 Å². The van der Waals surface area contributed by atoms with E-state index in [2.05, 4.69) is 15.0 Å².